The van der Waals surface area contributed by atoms with Crippen molar-refractivity contribution in [3.8, 4) is 0 Å². The first-order chi connectivity index (χ1) is 11.2. The summed E-state index contributed by atoms with van der Waals surface area (Å²) in [6.07, 6.45) is 8.00. The molecule has 0 spiro atoms. The molecule has 2 atom stereocenters. The summed E-state index contributed by atoms with van der Waals surface area (Å²) >= 11 is 0. The molecule has 6 nitrogen and oxygen atoms in total. The zero-order chi connectivity index (χ0) is 16.2. The molecule has 2 fully saturated rings. The van der Waals surface area contributed by atoms with Gasteiger partial charge >= 0.3 is 0 Å². The largest absolute Gasteiger partial charge is 0.390 e. The molecule has 2 saturated heterocycles. The van der Waals surface area contributed by atoms with Gasteiger partial charge in [-0.2, -0.15) is 0 Å². The third-order valence-electron chi connectivity index (χ3n) is 4.92. The minimum absolute atomic E-state index is 0.0485. The monoisotopic (exact) mass is 318 g/mol. The van der Waals surface area contributed by atoms with Crippen molar-refractivity contribution in [3.05, 3.63) is 23.8 Å². The maximum Gasteiger partial charge on any atom is 0.257 e. The number of rotatable bonds is 4. The number of β-amino-alcohol motifs (C(OH)–C–C–N with tert-alkyl or cyclic N) is 1. The maximum absolute atomic E-state index is 12.8. The van der Waals surface area contributed by atoms with Crippen LogP contribution in [0.15, 0.2) is 12.5 Å². The number of nitrogens with zero attached hydrogens (tertiary/aromatic N) is 4. The molecular formula is C17H26N4O2. The highest BCUT2D eigenvalue weighted by atomic mass is 16.3. The molecule has 0 radical (unpaired) electrons. The number of aromatic nitrogens is 2. The SMILES string of the molecule is CCCc1ncncc1C(=O)N1C[C@H](O)[C@@H](N2CCCCC2)C1. The van der Waals surface area contributed by atoms with Crippen molar-refractivity contribution in [2.75, 3.05) is 26.2 Å². The number of aliphatic hydroxyl groups excluding tert-OH is 1. The summed E-state index contributed by atoms with van der Waals surface area (Å²) in [5.41, 5.74) is 1.39. The van der Waals surface area contributed by atoms with Crippen LogP contribution in [0.5, 0.6) is 0 Å². The van der Waals surface area contributed by atoms with Crippen LogP contribution in [0.25, 0.3) is 0 Å². The van der Waals surface area contributed by atoms with E-state index < -0.39 is 6.10 Å². The maximum atomic E-state index is 12.8. The quantitative estimate of drug-likeness (QED) is 0.900. The van der Waals surface area contributed by atoms with Gasteiger partial charge in [-0.1, -0.05) is 19.8 Å². The molecule has 126 valence electrons. The van der Waals surface area contributed by atoms with Gasteiger partial charge in [0.15, 0.2) is 0 Å². The van der Waals surface area contributed by atoms with Crippen molar-refractivity contribution in [1.29, 1.82) is 0 Å². The Morgan fingerprint density at radius 1 is 1.30 bits per heavy atom. The first-order valence-corrected chi connectivity index (χ1v) is 8.71. The van der Waals surface area contributed by atoms with Gasteiger partial charge in [-0.3, -0.25) is 9.69 Å². The smallest absolute Gasteiger partial charge is 0.257 e. The normalized spacial score (nSPS) is 25.7. The second kappa shape index (κ2) is 7.36. The number of likely N-dealkylation sites (tertiary alicyclic amines) is 2. The van der Waals surface area contributed by atoms with Crippen molar-refractivity contribution in [3.63, 3.8) is 0 Å². The number of carbonyl (C=O) groups excluding carboxylic acids is 1. The van der Waals surface area contributed by atoms with Gasteiger partial charge < -0.3 is 10.0 Å². The molecule has 1 amide bonds. The molecular weight excluding hydrogens is 292 g/mol. The van der Waals surface area contributed by atoms with Crippen LogP contribution in [-0.4, -0.2) is 69.1 Å². The van der Waals surface area contributed by atoms with Gasteiger partial charge in [0, 0.05) is 19.3 Å². The molecule has 6 heteroatoms. The number of amides is 1. The second-order valence-corrected chi connectivity index (χ2v) is 6.57. The molecule has 3 heterocycles. The summed E-state index contributed by atoms with van der Waals surface area (Å²) in [4.78, 5) is 25.2. The molecule has 0 bridgehead atoms. The van der Waals surface area contributed by atoms with Crippen molar-refractivity contribution < 1.29 is 9.90 Å². The Morgan fingerprint density at radius 2 is 2.09 bits per heavy atom. The second-order valence-electron chi connectivity index (χ2n) is 6.57. The lowest BCUT2D eigenvalue weighted by Gasteiger charge is -2.33. The number of aliphatic hydroxyl groups is 1. The van der Waals surface area contributed by atoms with Crippen LogP contribution in [0.4, 0.5) is 0 Å². The molecule has 0 aromatic carbocycles. The fourth-order valence-corrected chi connectivity index (χ4v) is 3.68. The van der Waals surface area contributed by atoms with Crippen LogP contribution in [-0.2, 0) is 6.42 Å². The third-order valence-corrected chi connectivity index (χ3v) is 4.92. The molecule has 0 unspecified atom stereocenters. The van der Waals surface area contributed by atoms with E-state index in [9.17, 15) is 9.90 Å². The van der Waals surface area contributed by atoms with Crippen LogP contribution in [0.2, 0.25) is 0 Å². The number of carbonyl (C=O) groups is 1. The van der Waals surface area contributed by atoms with E-state index in [2.05, 4.69) is 21.8 Å². The van der Waals surface area contributed by atoms with E-state index in [0.29, 0.717) is 18.7 Å². The predicted octanol–water partition coefficient (Wildman–Crippen LogP) is 1.10. The van der Waals surface area contributed by atoms with Crippen LogP contribution in [0.1, 0.15) is 48.7 Å². The van der Waals surface area contributed by atoms with Crippen molar-refractivity contribution in [2.24, 2.45) is 0 Å². The molecule has 0 saturated carbocycles. The molecule has 2 aliphatic heterocycles. The van der Waals surface area contributed by atoms with Gasteiger partial charge in [0.2, 0.25) is 0 Å². The highest BCUT2D eigenvalue weighted by Crippen LogP contribution is 2.22. The Kier molecular flexibility index (Phi) is 5.23. The van der Waals surface area contributed by atoms with Crippen LogP contribution in [0, 0.1) is 0 Å². The van der Waals surface area contributed by atoms with Crippen LogP contribution in [0.3, 0.4) is 0 Å². The van der Waals surface area contributed by atoms with Gasteiger partial charge in [0.25, 0.3) is 5.91 Å². The summed E-state index contributed by atoms with van der Waals surface area (Å²) in [5.74, 6) is -0.0485. The summed E-state index contributed by atoms with van der Waals surface area (Å²) < 4.78 is 0. The number of piperidine rings is 1. The van der Waals surface area contributed by atoms with Gasteiger partial charge in [0.05, 0.1) is 23.4 Å². The third kappa shape index (κ3) is 3.53. The topological polar surface area (TPSA) is 69.6 Å². The lowest BCUT2D eigenvalue weighted by Crippen LogP contribution is -2.46. The van der Waals surface area contributed by atoms with Crippen molar-refractivity contribution in [1.82, 2.24) is 19.8 Å². The zero-order valence-corrected chi connectivity index (χ0v) is 13.8. The van der Waals surface area contributed by atoms with Gasteiger partial charge in [-0.25, -0.2) is 9.97 Å². The van der Waals surface area contributed by atoms with Crippen molar-refractivity contribution in [2.45, 2.75) is 51.2 Å². The minimum atomic E-state index is -0.462. The highest BCUT2D eigenvalue weighted by molar-refractivity contribution is 5.95. The molecule has 3 rings (SSSR count). The molecule has 2 aliphatic rings. The van der Waals surface area contributed by atoms with E-state index in [1.165, 1.54) is 25.6 Å². The first-order valence-electron chi connectivity index (χ1n) is 8.71. The van der Waals surface area contributed by atoms with Crippen molar-refractivity contribution >= 4 is 5.91 Å². The molecule has 1 N–H and O–H groups in total. The minimum Gasteiger partial charge on any atom is -0.390 e. The first kappa shape index (κ1) is 16.3. The number of aryl methyl sites for hydroxylation is 1. The van der Waals surface area contributed by atoms with Crippen LogP contribution < -0.4 is 0 Å². The summed E-state index contributed by atoms with van der Waals surface area (Å²) in [5, 5.41) is 10.4. The standard InChI is InChI=1S/C17H26N4O2/c1-2-6-14-13(9-18-12-19-14)17(23)21-10-15(16(22)11-21)20-7-4-3-5-8-20/h9,12,15-16,22H,2-8,10-11H2,1H3/t15-,16-/m0/s1. The Hall–Kier alpha value is -1.53. The van der Waals surface area contributed by atoms with E-state index in [0.717, 1.165) is 31.6 Å². The summed E-state index contributed by atoms with van der Waals surface area (Å²) in [7, 11) is 0. The molecule has 0 aliphatic carbocycles. The summed E-state index contributed by atoms with van der Waals surface area (Å²) in [6, 6.07) is 0.0681. The van der Waals surface area contributed by atoms with E-state index in [-0.39, 0.29) is 11.9 Å². The lowest BCUT2D eigenvalue weighted by molar-refractivity contribution is 0.0702. The average Bonchev–Trinajstić information content (AvgIpc) is 2.98. The zero-order valence-electron chi connectivity index (χ0n) is 13.8. The Labute approximate surface area is 137 Å². The number of hydrogen-bond donors (Lipinski definition) is 1. The summed E-state index contributed by atoms with van der Waals surface area (Å²) in [6.45, 7) is 5.13. The van der Waals surface area contributed by atoms with Gasteiger partial charge in [-0.15, -0.1) is 0 Å². The Balaban J connectivity index is 1.71. The predicted molar refractivity (Wildman–Crippen MR) is 87.1 cm³/mol. The number of hydrogen-bond acceptors (Lipinski definition) is 5. The fraction of sp³-hybridized carbons (Fsp3) is 0.706. The molecule has 1 aromatic rings. The lowest BCUT2D eigenvalue weighted by atomic mass is 10.1. The fourth-order valence-electron chi connectivity index (χ4n) is 3.68. The van der Waals surface area contributed by atoms with E-state index >= 15 is 0 Å². The van der Waals surface area contributed by atoms with E-state index in [4.69, 9.17) is 0 Å². The Morgan fingerprint density at radius 3 is 2.83 bits per heavy atom. The molecule has 23 heavy (non-hydrogen) atoms. The highest BCUT2D eigenvalue weighted by Gasteiger charge is 2.38. The average molecular weight is 318 g/mol. The van der Waals surface area contributed by atoms with Gasteiger partial charge in [0.1, 0.15) is 6.33 Å². The Bertz CT molecular complexity index is 545. The van der Waals surface area contributed by atoms with E-state index in [1.807, 2.05) is 0 Å². The van der Waals surface area contributed by atoms with Crippen LogP contribution >= 0.6 is 0 Å². The van der Waals surface area contributed by atoms with E-state index in [1.54, 1.807) is 11.1 Å². The molecule has 1 aromatic heterocycles. The van der Waals surface area contributed by atoms with Gasteiger partial charge in [-0.05, 0) is 32.4 Å².